The van der Waals surface area contributed by atoms with Gasteiger partial charge in [0.25, 0.3) is 0 Å². The Hall–Kier alpha value is -1.46. The van der Waals surface area contributed by atoms with Crippen molar-refractivity contribution in [1.82, 2.24) is 10.6 Å². The molecule has 0 saturated heterocycles. The van der Waals surface area contributed by atoms with Crippen LogP contribution < -0.4 is 15.4 Å². The van der Waals surface area contributed by atoms with Crippen LogP contribution >= 0.6 is 11.6 Å². The van der Waals surface area contributed by atoms with E-state index in [9.17, 15) is 0 Å². The lowest BCUT2D eigenvalue weighted by molar-refractivity contribution is 0.0776. The zero-order chi connectivity index (χ0) is 17.1. The molecule has 1 aromatic rings. The average Bonchev–Trinajstić information content (AvgIpc) is 2.53. The first-order valence-corrected chi connectivity index (χ1v) is 8.33. The normalized spacial score (nSPS) is 11.7. The first kappa shape index (κ1) is 19.6. The fourth-order valence-corrected chi connectivity index (χ4v) is 2.26. The van der Waals surface area contributed by atoms with Crippen LogP contribution in [0, 0.1) is 0 Å². The Labute approximate surface area is 144 Å². The highest BCUT2D eigenvalue weighted by Gasteiger charge is 2.03. The van der Waals surface area contributed by atoms with Crippen molar-refractivity contribution in [2.75, 3.05) is 33.9 Å². The third-order valence-electron chi connectivity index (χ3n) is 3.24. The van der Waals surface area contributed by atoms with Crippen LogP contribution in [0.4, 0.5) is 0 Å². The molecule has 0 unspecified atom stereocenters. The molecular formula is C17H28ClN3O2. The summed E-state index contributed by atoms with van der Waals surface area (Å²) in [5, 5.41) is 7.27. The largest absolute Gasteiger partial charge is 0.497 e. The topological polar surface area (TPSA) is 54.9 Å². The summed E-state index contributed by atoms with van der Waals surface area (Å²) in [6, 6.07) is 5.74. The Kier molecular flexibility index (Phi) is 9.48. The van der Waals surface area contributed by atoms with E-state index < -0.39 is 0 Å². The van der Waals surface area contributed by atoms with Crippen LogP contribution in [-0.2, 0) is 11.2 Å². The molecule has 0 spiro atoms. The number of methoxy groups -OCH3 is 1. The van der Waals surface area contributed by atoms with E-state index in [4.69, 9.17) is 21.1 Å². The van der Waals surface area contributed by atoms with Gasteiger partial charge < -0.3 is 20.1 Å². The van der Waals surface area contributed by atoms with E-state index in [2.05, 4.69) is 15.6 Å². The van der Waals surface area contributed by atoms with Crippen LogP contribution in [0.2, 0.25) is 5.02 Å². The van der Waals surface area contributed by atoms with E-state index in [1.54, 1.807) is 14.2 Å². The highest BCUT2D eigenvalue weighted by Crippen LogP contribution is 2.22. The van der Waals surface area contributed by atoms with Crippen LogP contribution in [-0.4, -0.2) is 45.9 Å². The molecule has 0 heterocycles. The number of nitrogens with zero attached hydrogens (tertiary/aromatic N) is 1. The highest BCUT2D eigenvalue weighted by atomic mass is 35.5. The molecule has 6 heteroatoms. The molecule has 0 aromatic heterocycles. The quantitative estimate of drug-likeness (QED) is 0.412. The van der Waals surface area contributed by atoms with Crippen molar-refractivity contribution in [3.05, 3.63) is 28.8 Å². The fraction of sp³-hybridized carbons (Fsp3) is 0.588. The summed E-state index contributed by atoms with van der Waals surface area (Å²) >= 11 is 6.23. The molecule has 0 saturated carbocycles. The first-order valence-electron chi connectivity index (χ1n) is 7.95. The van der Waals surface area contributed by atoms with Crippen molar-refractivity contribution < 1.29 is 9.47 Å². The Bertz CT molecular complexity index is 493. The Morgan fingerprint density at radius 2 is 2.00 bits per heavy atom. The number of hydrogen-bond acceptors (Lipinski definition) is 3. The molecule has 5 nitrogen and oxygen atoms in total. The number of ether oxygens (including phenoxy) is 2. The summed E-state index contributed by atoms with van der Waals surface area (Å²) in [4.78, 5) is 4.20. The zero-order valence-corrected chi connectivity index (χ0v) is 15.2. The van der Waals surface area contributed by atoms with Gasteiger partial charge in [0.1, 0.15) is 5.75 Å². The number of rotatable bonds is 9. The van der Waals surface area contributed by atoms with Gasteiger partial charge in [-0.15, -0.1) is 0 Å². The SMILES string of the molecule is CN=C(NCCCOC(C)C)NCCc1ccc(OC)cc1Cl. The molecule has 23 heavy (non-hydrogen) atoms. The van der Waals surface area contributed by atoms with Gasteiger partial charge >= 0.3 is 0 Å². The molecule has 1 rings (SSSR count). The van der Waals surface area contributed by atoms with Crippen LogP contribution in [0.25, 0.3) is 0 Å². The monoisotopic (exact) mass is 341 g/mol. The van der Waals surface area contributed by atoms with Crippen molar-refractivity contribution in [3.8, 4) is 5.75 Å². The highest BCUT2D eigenvalue weighted by molar-refractivity contribution is 6.31. The number of guanidine groups is 1. The molecule has 0 aliphatic heterocycles. The molecule has 0 bridgehead atoms. The van der Waals surface area contributed by atoms with E-state index in [1.165, 1.54) is 0 Å². The van der Waals surface area contributed by atoms with Gasteiger partial charge in [0.05, 0.1) is 13.2 Å². The van der Waals surface area contributed by atoms with Crippen molar-refractivity contribution in [2.24, 2.45) is 4.99 Å². The minimum Gasteiger partial charge on any atom is -0.497 e. The first-order chi connectivity index (χ1) is 11.1. The van der Waals surface area contributed by atoms with Crippen LogP contribution in [0.15, 0.2) is 23.2 Å². The summed E-state index contributed by atoms with van der Waals surface area (Å²) < 4.78 is 10.7. The van der Waals surface area contributed by atoms with Crippen LogP contribution in [0.3, 0.4) is 0 Å². The van der Waals surface area contributed by atoms with E-state index >= 15 is 0 Å². The summed E-state index contributed by atoms with van der Waals surface area (Å²) in [6.07, 6.45) is 2.05. The molecular weight excluding hydrogens is 314 g/mol. The maximum atomic E-state index is 6.23. The van der Waals surface area contributed by atoms with Crippen LogP contribution in [0.1, 0.15) is 25.8 Å². The number of halogens is 1. The number of benzene rings is 1. The Morgan fingerprint density at radius 3 is 2.61 bits per heavy atom. The number of hydrogen-bond donors (Lipinski definition) is 2. The summed E-state index contributed by atoms with van der Waals surface area (Å²) in [5.74, 6) is 1.56. The third-order valence-corrected chi connectivity index (χ3v) is 3.59. The minimum absolute atomic E-state index is 0.279. The van der Waals surface area contributed by atoms with Gasteiger partial charge in [-0.25, -0.2) is 0 Å². The summed E-state index contributed by atoms with van der Waals surface area (Å²) in [7, 11) is 3.40. The summed E-state index contributed by atoms with van der Waals surface area (Å²) in [5.41, 5.74) is 1.08. The van der Waals surface area contributed by atoms with Gasteiger partial charge in [-0.05, 0) is 44.4 Å². The lowest BCUT2D eigenvalue weighted by Gasteiger charge is -2.13. The van der Waals surface area contributed by atoms with Crippen molar-refractivity contribution in [2.45, 2.75) is 32.8 Å². The van der Waals surface area contributed by atoms with E-state index in [0.29, 0.717) is 0 Å². The molecule has 0 aliphatic rings. The van der Waals surface area contributed by atoms with Gasteiger partial charge in [-0.3, -0.25) is 4.99 Å². The molecule has 1 aromatic carbocycles. The zero-order valence-electron chi connectivity index (χ0n) is 14.5. The summed E-state index contributed by atoms with van der Waals surface area (Å²) in [6.45, 7) is 6.42. The minimum atomic E-state index is 0.279. The maximum absolute atomic E-state index is 6.23. The standard InChI is InChI=1S/C17H28ClN3O2/c1-13(2)23-11-5-9-20-17(19-3)21-10-8-14-6-7-15(22-4)12-16(14)18/h6-7,12-13H,5,8-11H2,1-4H3,(H2,19,20,21). The number of aliphatic imine (C=N–C) groups is 1. The van der Waals surface area contributed by atoms with Gasteiger partial charge in [-0.1, -0.05) is 17.7 Å². The maximum Gasteiger partial charge on any atom is 0.190 e. The molecule has 0 radical (unpaired) electrons. The second kappa shape index (κ2) is 11.1. The second-order valence-corrected chi connectivity index (χ2v) is 5.81. The molecule has 2 N–H and O–H groups in total. The van der Waals surface area contributed by atoms with Crippen LogP contribution in [0.5, 0.6) is 5.75 Å². The van der Waals surface area contributed by atoms with Gasteiger partial charge in [0, 0.05) is 31.8 Å². The molecule has 0 atom stereocenters. The molecule has 0 aliphatic carbocycles. The molecule has 0 amide bonds. The van der Waals surface area contributed by atoms with Gasteiger partial charge in [0.2, 0.25) is 0 Å². The molecule has 130 valence electrons. The van der Waals surface area contributed by atoms with E-state index in [0.717, 1.165) is 54.8 Å². The number of nitrogens with one attached hydrogen (secondary N) is 2. The fourth-order valence-electron chi connectivity index (χ4n) is 1.99. The van der Waals surface area contributed by atoms with Crippen molar-refractivity contribution in [1.29, 1.82) is 0 Å². The lowest BCUT2D eigenvalue weighted by atomic mass is 10.1. The van der Waals surface area contributed by atoms with Crippen molar-refractivity contribution >= 4 is 17.6 Å². The van der Waals surface area contributed by atoms with E-state index in [-0.39, 0.29) is 6.10 Å². The van der Waals surface area contributed by atoms with Gasteiger partial charge in [0.15, 0.2) is 5.96 Å². The molecule has 0 fully saturated rings. The van der Waals surface area contributed by atoms with Gasteiger partial charge in [-0.2, -0.15) is 0 Å². The lowest BCUT2D eigenvalue weighted by Crippen LogP contribution is -2.39. The third kappa shape index (κ3) is 8.09. The smallest absolute Gasteiger partial charge is 0.190 e. The Balaban J connectivity index is 2.27. The predicted molar refractivity (Wildman–Crippen MR) is 96.8 cm³/mol. The Morgan fingerprint density at radius 1 is 1.26 bits per heavy atom. The second-order valence-electron chi connectivity index (χ2n) is 5.41. The predicted octanol–water partition coefficient (Wildman–Crippen LogP) is 2.87. The van der Waals surface area contributed by atoms with E-state index in [1.807, 2.05) is 32.0 Å². The average molecular weight is 342 g/mol. The van der Waals surface area contributed by atoms with Crippen molar-refractivity contribution in [3.63, 3.8) is 0 Å².